The summed E-state index contributed by atoms with van der Waals surface area (Å²) in [6, 6.07) is 24.4. The zero-order valence-electron chi connectivity index (χ0n) is 31.9. The molecule has 0 spiro atoms. The Morgan fingerprint density at radius 1 is 0.333 bits per heavy atom. The maximum atomic E-state index is 14.8. The molecule has 9 rings (SSSR count). The van der Waals surface area contributed by atoms with Gasteiger partial charge in [-0.1, -0.05) is 110 Å². The maximum absolute atomic E-state index is 14.8. The molecule has 2 N–H and O–H groups in total. The molecule has 0 aromatic heterocycles. The monoisotopic (exact) mass is 710 g/mol. The molecular weight excluding hydrogens is 669 g/mol. The van der Waals surface area contributed by atoms with Crippen LogP contribution in [0.2, 0.25) is 0 Å². The Hall–Kier alpha value is -5.88. The van der Waals surface area contributed by atoms with E-state index in [0.29, 0.717) is 33.0 Å². The summed E-state index contributed by atoms with van der Waals surface area (Å²) in [4.78, 5) is 55.5. The van der Waals surface area contributed by atoms with Crippen molar-refractivity contribution in [2.75, 3.05) is 0 Å². The average molecular weight is 711 g/mol. The highest BCUT2D eigenvalue weighted by Crippen LogP contribution is 2.56. The van der Waals surface area contributed by atoms with E-state index in [4.69, 9.17) is 0 Å². The lowest BCUT2D eigenvalue weighted by Crippen LogP contribution is -2.35. The smallest absolute Gasteiger partial charge is 0.259 e. The predicted octanol–water partition coefficient (Wildman–Crippen LogP) is 11.3. The zero-order chi connectivity index (χ0) is 38.1. The van der Waals surface area contributed by atoms with E-state index in [1.807, 2.05) is 30.3 Å². The molecule has 4 amide bonds. The van der Waals surface area contributed by atoms with Gasteiger partial charge in [-0.2, -0.15) is 0 Å². The summed E-state index contributed by atoms with van der Waals surface area (Å²) >= 11 is 0. The van der Waals surface area contributed by atoms with Crippen molar-refractivity contribution in [2.45, 2.75) is 79.1 Å². The number of fused-ring (bicyclic) bond motifs is 2. The molecule has 2 aliphatic heterocycles. The molecule has 7 aromatic carbocycles. The van der Waals surface area contributed by atoms with E-state index in [-0.39, 0.29) is 23.7 Å². The first-order chi connectivity index (χ1) is 25.8. The minimum absolute atomic E-state index is 0.117. The van der Waals surface area contributed by atoms with Gasteiger partial charge >= 0.3 is 0 Å². The Kier molecular flexibility index (Phi) is 7.42. The fraction of sp³-hybridized carbons (Fsp3) is 0.250. The minimum Gasteiger partial charge on any atom is -0.288 e. The second-order valence-electron chi connectivity index (χ2n) is 16.3. The van der Waals surface area contributed by atoms with Gasteiger partial charge in [0, 0.05) is 33.0 Å². The third-order valence-corrected chi connectivity index (χ3v) is 11.8. The summed E-state index contributed by atoms with van der Waals surface area (Å²) < 4.78 is 0. The van der Waals surface area contributed by atoms with Crippen LogP contribution in [0.1, 0.15) is 143 Å². The molecule has 0 aliphatic carbocycles. The molecule has 0 saturated heterocycles. The molecular formula is C48H42N2O4. The Bertz CT molecular complexity index is 2780. The van der Waals surface area contributed by atoms with Crippen LogP contribution in [0.25, 0.3) is 65.3 Å². The van der Waals surface area contributed by atoms with Crippen molar-refractivity contribution < 1.29 is 19.2 Å². The third kappa shape index (κ3) is 4.46. The minimum atomic E-state index is -0.423. The Labute approximate surface area is 314 Å². The van der Waals surface area contributed by atoms with E-state index in [1.54, 1.807) is 6.07 Å². The molecule has 0 radical (unpaired) electrons. The molecule has 54 heavy (non-hydrogen) atoms. The number of amides is 4. The summed E-state index contributed by atoms with van der Waals surface area (Å²) in [7, 11) is 0. The van der Waals surface area contributed by atoms with Crippen molar-refractivity contribution >= 4 is 66.7 Å². The number of benzene rings is 7. The summed E-state index contributed by atoms with van der Waals surface area (Å²) in [6.07, 6.45) is 0. The standard InChI is InChI=1S/C48H42N2O4/c1-21(2)25-11-9-12-26(22(3)4)35(25)42-40-31-17-20-33-38-32(45(51)49-46(33)52)18-15-29(37(31)38)30-16-19-34-41(39(30)40)44(48(54)50-47(34)53)43(42)36-27(23(5)6)13-10-14-28(36)24(7)8/h9-24H,1-8H3,(H,49,51,52)(H,50,53,54). The van der Waals surface area contributed by atoms with Gasteiger partial charge in [-0.25, -0.2) is 0 Å². The summed E-state index contributed by atoms with van der Waals surface area (Å²) in [5, 5.41) is 11.7. The van der Waals surface area contributed by atoms with Crippen LogP contribution in [0, 0.1) is 0 Å². The van der Waals surface area contributed by atoms with Crippen LogP contribution in [-0.4, -0.2) is 23.6 Å². The van der Waals surface area contributed by atoms with Gasteiger partial charge in [-0.3, -0.25) is 29.8 Å². The topological polar surface area (TPSA) is 92.3 Å². The fourth-order valence-corrected chi connectivity index (χ4v) is 9.49. The van der Waals surface area contributed by atoms with Crippen molar-refractivity contribution in [3.05, 3.63) is 117 Å². The molecule has 0 saturated carbocycles. The van der Waals surface area contributed by atoms with Gasteiger partial charge in [0.05, 0.1) is 5.56 Å². The number of rotatable bonds is 6. The highest BCUT2D eigenvalue weighted by atomic mass is 16.2. The van der Waals surface area contributed by atoms with Crippen molar-refractivity contribution in [2.24, 2.45) is 0 Å². The van der Waals surface area contributed by atoms with E-state index < -0.39 is 23.6 Å². The third-order valence-electron chi connectivity index (χ3n) is 11.8. The number of imide groups is 2. The molecule has 6 heteroatoms. The Morgan fingerprint density at radius 3 is 1.19 bits per heavy atom. The highest BCUT2D eigenvalue weighted by Gasteiger charge is 2.37. The molecule has 2 heterocycles. The number of nitrogens with one attached hydrogen (secondary N) is 2. The van der Waals surface area contributed by atoms with E-state index in [0.717, 1.165) is 76.8 Å². The molecule has 2 aliphatic rings. The molecule has 0 atom stereocenters. The van der Waals surface area contributed by atoms with E-state index in [9.17, 15) is 19.2 Å². The van der Waals surface area contributed by atoms with Gasteiger partial charge in [-0.15, -0.1) is 0 Å². The molecule has 268 valence electrons. The quantitative estimate of drug-likeness (QED) is 0.102. The van der Waals surface area contributed by atoms with E-state index in [1.165, 1.54) is 0 Å². The van der Waals surface area contributed by atoms with Gasteiger partial charge in [0.25, 0.3) is 23.6 Å². The van der Waals surface area contributed by atoms with Crippen LogP contribution in [-0.2, 0) is 0 Å². The molecule has 7 aromatic rings. The molecule has 0 fully saturated rings. The first-order valence-corrected chi connectivity index (χ1v) is 19.1. The van der Waals surface area contributed by atoms with Gasteiger partial charge in [-0.05, 0) is 113 Å². The fourth-order valence-electron chi connectivity index (χ4n) is 9.49. The number of hydrogen-bond acceptors (Lipinski definition) is 4. The first kappa shape index (κ1) is 33.9. The van der Waals surface area contributed by atoms with E-state index in [2.05, 4.69) is 102 Å². The maximum Gasteiger partial charge on any atom is 0.259 e. The number of carbonyl (C=O) groups excluding carboxylic acids is 4. The van der Waals surface area contributed by atoms with Gasteiger partial charge in [0.15, 0.2) is 0 Å². The van der Waals surface area contributed by atoms with E-state index >= 15 is 0 Å². The average Bonchev–Trinajstić information content (AvgIpc) is 3.14. The van der Waals surface area contributed by atoms with Crippen molar-refractivity contribution in [1.82, 2.24) is 10.6 Å². The SMILES string of the molecule is CC(C)c1cccc(C(C)C)c1-c1c2c3c(ccc4c5ccc6c7c(ccc(c(c1-c1c(C(C)C)cccc1C(C)C)c34)c75)C(=O)NC6=O)C(=O)NC2=O. The summed E-state index contributed by atoms with van der Waals surface area (Å²) in [6.45, 7) is 17.6. The van der Waals surface area contributed by atoms with Crippen molar-refractivity contribution in [1.29, 1.82) is 0 Å². The number of carbonyl (C=O) groups is 4. The molecule has 6 nitrogen and oxygen atoms in total. The van der Waals surface area contributed by atoms with Crippen LogP contribution in [0.5, 0.6) is 0 Å². The normalized spacial score (nSPS) is 14.3. The van der Waals surface area contributed by atoms with Crippen LogP contribution >= 0.6 is 0 Å². The van der Waals surface area contributed by atoms with Crippen LogP contribution in [0.3, 0.4) is 0 Å². The van der Waals surface area contributed by atoms with Crippen molar-refractivity contribution in [3.63, 3.8) is 0 Å². The summed E-state index contributed by atoms with van der Waals surface area (Å²) in [5.41, 5.74) is 10.3. The van der Waals surface area contributed by atoms with Gasteiger partial charge in [0.1, 0.15) is 0 Å². The van der Waals surface area contributed by atoms with Crippen LogP contribution in [0.15, 0.2) is 72.8 Å². The predicted molar refractivity (Wildman–Crippen MR) is 218 cm³/mol. The lowest BCUT2D eigenvalue weighted by atomic mass is 9.72. The van der Waals surface area contributed by atoms with Crippen LogP contribution < -0.4 is 10.6 Å². The second-order valence-corrected chi connectivity index (χ2v) is 16.3. The van der Waals surface area contributed by atoms with Gasteiger partial charge in [0.2, 0.25) is 0 Å². The summed E-state index contributed by atoms with van der Waals surface area (Å²) in [5.74, 6) is -1.17. The van der Waals surface area contributed by atoms with Gasteiger partial charge < -0.3 is 0 Å². The zero-order valence-corrected chi connectivity index (χ0v) is 31.9. The van der Waals surface area contributed by atoms with Crippen LogP contribution in [0.4, 0.5) is 0 Å². The first-order valence-electron chi connectivity index (χ1n) is 19.1. The highest BCUT2D eigenvalue weighted by molar-refractivity contribution is 6.44. The Morgan fingerprint density at radius 2 is 0.722 bits per heavy atom. The van der Waals surface area contributed by atoms with Crippen molar-refractivity contribution in [3.8, 4) is 22.3 Å². The Balaban J connectivity index is 1.71. The largest absolute Gasteiger partial charge is 0.288 e. The lowest BCUT2D eigenvalue weighted by molar-refractivity contribution is 0.0828. The molecule has 0 unspecified atom stereocenters. The molecule has 0 bridgehead atoms. The lowest BCUT2D eigenvalue weighted by Gasteiger charge is -2.32. The number of hydrogen-bond donors (Lipinski definition) is 2. The second kappa shape index (κ2) is 11.8.